The van der Waals surface area contributed by atoms with Gasteiger partial charge in [-0.1, -0.05) is 24.3 Å². The fourth-order valence-electron chi connectivity index (χ4n) is 2.38. The molecule has 0 saturated heterocycles. The molecule has 0 aliphatic heterocycles. The highest BCUT2D eigenvalue weighted by atomic mass is 32.1. The molecule has 0 aliphatic rings. The van der Waals surface area contributed by atoms with Crippen molar-refractivity contribution < 1.29 is 4.39 Å². The summed E-state index contributed by atoms with van der Waals surface area (Å²) >= 11 is 1.67. The molecule has 1 aromatic heterocycles. The highest BCUT2D eigenvalue weighted by molar-refractivity contribution is 7.17. The van der Waals surface area contributed by atoms with Gasteiger partial charge in [-0.3, -0.25) is 0 Å². The molecule has 0 bridgehead atoms. The molecule has 0 fully saturated rings. The van der Waals surface area contributed by atoms with Crippen molar-refractivity contribution in [3.63, 3.8) is 0 Å². The second-order valence-corrected chi connectivity index (χ2v) is 5.58. The van der Waals surface area contributed by atoms with Crippen LogP contribution in [0.1, 0.15) is 22.7 Å². The van der Waals surface area contributed by atoms with E-state index in [9.17, 15) is 4.39 Å². The summed E-state index contributed by atoms with van der Waals surface area (Å²) in [6.45, 7) is 1.96. The minimum atomic E-state index is -0.293. The van der Waals surface area contributed by atoms with Crippen LogP contribution in [0.25, 0.3) is 10.1 Å². The van der Waals surface area contributed by atoms with Crippen molar-refractivity contribution in [3.05, 3.63) is 70.4 Å². The Morgan fingerprint density at radius 1 is 1.11 bits per heavy atom. The van der Waals surface area contributed by atoms with Gasteiger partial charge in [0.25, 0.3) is 0 Å². The fourth-order valence-corrected chi connectivity index (χ4v) is 3.33. The zero-order chi connectivity index (χ0) is 13.4. The van der Waals surface area contributed by atoms with Gasteiger partial charge in [0.15, 0.2) is 0 Å². The van der Waals surface area contributed by atoms with Gasteiger partial charge in [0.1, 0.15) is 5.82 Å². The Morgan fingerprint density at radius 3 is 2.79 bits per heavy atom. The molecule has 3 aromatic rings. The summed E-state index contributed by atoms with van der Waals surface area (Å²) in [4.78, 5) is 0. The molecule has 2 aromatic carbocycles. The zero-order valence-corrected chi connectivity index (χ0v) is 11.4. The molecule has 0 saturated carbocycles. The van der Waals surface area contributed by atoms with Gasteiger partial charge >= 0.3 is 0 Å². The molecule has 0 amide bonds. The van der Waals surface area contributed by atoms with Crippen LogP contribution >= 0.6 is 11.3 Å². The van der Waals surface area contributed by atoms with Gasteiger partial charge in [-0.25, -0.2) is 4.39 Å². The molecule has 0 spiro atoms. The standard InChI is InChI=1S/C16H14FNS/c1-10-5-6-12(17)9-14(10)15(18)13-4-2-3-11-7-8-19-16(11)13/h2-9,15H,18H2,1H3. The van der Waals surface area contributed by atoms with Crippen LogP contribution in [-0.4, -0.2) is 0 Å². The summed E-state index contributed by atoms with van der Waals surface area (Å²) in [6.07, 6.45) is 0. The zero-order valence-electron chi connectivity index (χ0n) is 10.6. The number of rotatable bonds is 2. The Bertz CT molecular complexity index is 732. The van der Waals surface area contributed by atoms with Gasteiger partial charge in [-0.2, -0.15) is 0 Å². The first-order valence-corrected chi connectivity index (χ1v) is 7.02. The molecular weight excluding hydrogens is 257 g/mol. The first-order valence-electron chi connectivity index (χ1n) is 6.14. The summed E-state index contributed by atoms with van der Waals surface area (Å²) in [7, 11) is 0. The van der Waals surface area contributed by atoms with Crippen LogP contribution in [0.15, 0.2) is 47.8 Å². The topological polar surface area (TPSA) is 26.0 Å². The Labute approximate surface area is 115 Å². The molecule has 1 nitrogen and oxygen atoms in total. The lowest BCUT2D eigenvalue weighted by Crippen LogP contribution is -2.13. The predicted molar refractivity (Wildman–Crippen MR) is 79.0 cm³/mol. The summed E-state index contributed by atoms with van der Waals surface area (Å²) in [6, 6.07) is 12.7. The predicted octanol–water partition coefficient (Wildman–Crippen LogP) is 4.40. The lowest BCUT2D eigenvalue weighted by Gasteiger charge is -2.16. The van der Waals surface area contributed by atoms with Crippen LogP contribution in [0.4, 0.5) is 4.39 Å². The van der Waals surface area contributed by atoms with Crippen LogP contribution in [0, 0.1) is 12.7 Å². The molecule has 0 aliphatic carbocycles. The number of nitrogens with two attached hydrogens (primary N) is 1. The maximum absolute atomic E-state index is 13.4. The van der Waals surface area contributed by atoms with E-state index < -0.39 is 0 Å². The lowest BCUT2D eigenvalue weighted by molar-refractivity contribution is 0.623. The smallest absolute Gasteiger partial charge is 0.123 e. The average Bonchev–Trinajstić information content (AvgIpc) is 2.89. The summed E-state index contributed by atoms with van der Waals surface area (Å²) < 4.78 is 14.6. The number of halogens is 1. The van der Waals surface area contributed by atoms with E-state index in [1.54, 1.807) is 17.4 Å². The van der Waals surface area contributed by atoms with Gasteiger partial charge < -0.3 is 5.73 Å². The largest absolute Gasteiger partial charge is 0.320 e. The Balaban J connectivity index is 2.15. The van der Waals surface area contributed by atoms with E-state index in [0.29, 0.717) is 0 Å². The normalized spacial score (nSPS) is 12.8. The maximum atomic E-state index is 13.4. The Morgan fingerprint density at radius 2 is 1.95 bits per heavy atom. The van der Waals surface area contributed by atoms with Crippen molar-refractivity contribution in [3.8, 4) is 0 Å². The van der Waals surface area contributed by atoms with Crippen molar-refractivity contribution in [1.29, 1.82) is 0 Å². The second-order valence-electron chi connectivity index (χ2n) is 4.66. The summed E-state index contributed by atoms with van der Waals surface area (Å²) in [5.74, 6) is -0.241. The van der Waals surface area contributed by atoms with E-state index in [1.165, 1.54) is 22.2 Å². The average molecular weight is 271 g/mol. The number of hydrogen-bond acceptors (Lipinski definition) is 2. The summed E-state index contributed by atoms with van der Waals surface area (Å²) in [5, 5.41) is 3.24. The molecule has 0 radical (unpaired) electrons. The van der Waals surface area contributed by atoms with Crippen molar-refractivity contribution in [2.45, 2.75) is 13.0 Å². The quantitative estimate of drug-likeness (QED) is 0.734. The van der Waals surface area contributed by atoms with Gasteiger partial charge in [-0.05, 0) is 52.6 Å². The Kier molecular flexibility index (Phi) is 3.09. The van der Waals surface area contributed by atoms with Crippen LogP contribution in [-0.2, 0) is 0 Å². The third-order valence-corrected chi connectivity index (χ3v) is 4.40. The minimum absolute atomic E-state index is 0.241. The van der Waals surface area contributed by atoms with E-state index in [4.69, 9.17) is 5.73 Å². The first-order chi connectivity index (χ1) is 9.16. The SMILES string of the molecule is Cc1ccc(F)cc1C(N)c1cccc2ccsc12. The molecule has 2 N–H and O–H groups in total. The number of thiophene rings is 1. The number of benzene rings is 2. The molecule has 1 atom stereocenters. The first kappa shape index (κ1) is 12.3. The van der Waals surface area contributed by atoms with Crippen molar-refractivity contribution in [1.82, 2.24) is 0 Å². The highest BCUT2D eigenvalue weighted by Crippen LogP contribution is 2.32. The molecule has 1 unspecified atom stereocenters. The minimum Gasteiger partial charge on any atom is -0.320 e. The van der Waals surface area contributed by atoms with Crippen LogP contribution in [0.3, 0.4) is 0 Å². The monoisotopic (exact) mass is 271 g/mol. The summed E-state index contributed by atoms with van der Waals surface area (Å²) in [5.41, 5.74) is 9.27. The molecule has 3 heteroatoms. The van der Waals surface area contributed by atoms with Gasteiger partial charge in [0, 0.05) is 4.70 Å². The van der Waals surface area contributed by atoms with E-state index in [0.717, 1.165) is 16.7 Å². The second kappa shape index (κ2) is 4.76. The van der Waals surface area contributed by atoms with E-state index >= 15 is 0 Å². The number of hydrogen-bond donors (Lipinski definition) is 1. The molecule has 1 heterocycles. The van der Waals surface area contributed by atoms with Crippen LogP contribution in [0.2, 0.25) is 0 Å². The molecule has 19 heavy (non-hydrogen) atoms. The molecular formula is C16H14FNS. The van der Waals surface area contributed by atoms with E-state index in [-0.39, 0.29) is 11.9 Å². The third-order valence-electron chi connectivity index (χ3n) is 3.42. The van der Waals surface area contributed by atoms with E-state index in [1.807, 2.05) is 19.1 Å². The van der Waals surface area contributed by atoms with Gasteiger partial charge in [-0.15, -0.1) is 11.3 Å². The fraction of sp³-hybridized carbons (Fsp3) is 0.125. The number of aryl methyl sites for hydroxylation is 1. The van der Waals surface area contributed by atoms with Crippen molar-refractivity contribution >= 4 is 21.4 Å². The molecule has 96 valence electrons. The van der Waals surface area contributed by atoms with E-state index in [2.05, 4.69) is 17.5 Å². The Hall–Kier alpha value is -1.71. The molecule has 3 rings (SSSR count). The van der Waals surface area contributed by atoms with Crippen molar-refractivity contribution in [2.75, 3.05) is 0 Å². The number of fused-ring (bicyclic) bond motifs is 1. The third kappa shape index (κ3) is 2.15. The lowest BCUT2D eigenvalue weighted by atomic mass is 9.95. The van der Waals surface area contributed by atoms with Gasteiger partial charge in [0.2, 0.25) is 0 Å². The van der Waals surface area contributed by atoms with Crippen LogP contribution < -0.4 is 5.73 Å². The van der Waals surface area contributed by atoms with Crippen LogP contribution in [0.5, 0.6) is 0 Å². The maximum Gasteiger partial charge on any atom is 0.123 e. The van der Waals surface area contributed by atoms with Gasteiger partial charge in [0.05, 0.1) is 6.04 Å². The van der Waals surface area contributed by atoms with Crippen molar-refractivity contribution in [2.24, 2.45) is 5.73 Å². The highest BCUT2D eigenvalue weighted by Gasteiger charge is 2.15.